The quantitative estimate of drug-likeness (QED) is 0.681. The maximum absolute atomic E-state index is 12.4. The molecule has 0 aromatic heterocycles. The zero-order valence-corrected chi connectivity index (χ0v) is 15.7. The Morgan fingerprint density at radius 3 is 2.27 bits per heavy atom. The Hall–Kier alpha value is -2.77. The highest BCUT2D eigenvalue weighted by molar-refractivity contribution is 5.98. The fourth-order valence-corrected chi connectivity index (χ4v) is 2.04. The molecule has 0 aliphatic rings. The third-order valence-electron chi connectivity index (χ3n) is 3.32. The molecule has 0 heterocycles. The molecule has 0 aliphatic heterocycles. The van der Waals surface area contributed by atoms with Crippen LogP contribution in [-0.2, 0) is 9.53 Å². The monoisotopic (exact) mass is 366 g/mol. The van der Waals surface area contributed by atoms with Crippen LogP contribution < -0.4 is 20.5 Å². The molecule has 1 atom stereocenters. The summed E-state index contributed by atoms with van der Waals surface area (Å²) in [6, 6.07) is 3.58. The van der Waals surface area contributed by atoms with Gasteiger partial charge < -0.3 is 19.9 Å². The second-order valence-corrected chi connectivity index (χ2v) is 6.49. The predicted molar refractivity (Wildman–Crippen MR) is 95.1 cm³/mol. The maximum Gasteiger partial charge on any atom is 0.339 e. The summed E-state index contributed by atoms with van der Waals surface area (Å²) in [5.41, 5.74) is 5.13. The number of methoxy groups -OCH3 is 1. The van der Waals surface area contributed by atoms with Gasteiger partial charge >= 0.3 is 12.0 Å². The lowest BCUT2D eigenvalue weighted by atomic mass is 10.1. The van der Waals surface area contributed by atoms with Gasteiger partial charge in [-0.1, -0.05) is 27.7 Å². The third kappa shape index (κ3) is 6.27. The summed E-state index contributed by atoms with van der Waals surface area (Å²) in [7, 11) is 1.46. The summed E-state index contributed by atoms with van der Waals surface area (Å²) in [5, 5.41) is 1.92. The third-order valence-corrected chi connectivity index (χ3v) is 3.32. The van der Waals surface area contributed by atoms with Crippen molar-refractivity contribution in [3.05, 3.63) is 23.8 Å². The van der Waals surface area contributed by atoms with Crippen LogP contribution in [0.1, 0.15) is 38.1 Å². The fraction of sp³-hybridized carbons (Fsp3) is 0.500. The van der Waals surface area contributed by atoms with Crippen molar-refractivity contribution in [1.82, 2.24) is 5.32 Å². The van der Waals surface area contributed by atoms with Gasteiger partial charge in [-0.2, -0.15) is 0 Å². The Morgan fingerprint density at radius 2 is 1.77 bits per heavy atom. The van der Waals surface area contributed by atoms with Crippen molar-refractivity contribution < 1.29 is 28.6 Å². The van der Waals surface area contributed by atoms with Crippen LogP contribution in [0.15, 0.2) is 18.2 Å². The number of carbonyl (C=O) groups excluding carboxylic acids is 3. The van der Waals surface area contributed by atoms with Crippen molar-refractivity contribution >= 4 is 17.9 Å². The number of hydrogen-bond donors (Lipinski definition) is 2. The number of rotatable bonds is 8. The summed E-state index contributed by atoms with van der Waals surface area (Å²) in [5.74, 6) is -0.636. The first-order chi connectivity index (χ1) is 12.1. The van der Waals surface area contributed by atoms with Crippen molar-refractivity contribution in [2.75, 3.05) is 13.7 Å². The molecule has 144 valence electrons. The van der Waals surface area contributed by atoms with Crippen LogP contribution in [0.3, 0.4) is 0 Å². The number of primary amides is 1. The molecule has 0 bridgehead atoms. The first-order valence-corrected chi connectivity index (χ1v) is 8.27. The number of amides is 3. The number of benzene rings is 1. The largest absolute Gasteiger partial charge is 0.493 e. The van der Waals surface area contributed by atoms with Crippen molar-refractivity contribution in [3.8, 4) is 11.5 Å². The Balaban J connectivity index is 2.94. The minimum Gasteiger partial charge on any atom is -0.493 e. The summed E-state index contributed by atoms with van der Waals surface area (Å²) in [6.07, 6.45) is -1.15. The second kappa shape index (κ2) is 9.65. The van der Waals surface area contributed by atoms with Crippen molar-refractivity contribution in [2.24, 2.45) is 17.6 Å². The number of urea groups is 1. The van der Waals surface area contributed by atoms with Gasteiger partial charge in [0, 0.05) is 0 Å². The van der Waals surface area contributed by atoms with E-state index >= 15 is 0 Å². The minimum absolute atomic E-state index is 0.191. The lowest BCUT2D eigenvalue weighted by molar-refractivity contribution is -0.130. The predicted octanol–water partition coefficient (Wildman–Crippen LogP) is 2.11. The lowest BCUT2D eigenvalue weighted by Crippen LogP contribution is -2.45. The van der Waals surface area contributed by atoms with Gasteiger partial charge in [-0.3, -0.25) is 10.1 Å². The van der Waals surface area contributed by atoms with E-state index in [1.165, 1.54) is 19.2 Å². The molecule has 8 heteroatoms. The van der Waals surface area contributed by atoms with E-state index in [1.807, 2.05) is 19.2 Å². The number of carbonyl (C=O) groups is 3. The molecule has 0 spiro atoms. The fourth-order valence-electron chi connectivity index (χ4n) is 2.04. The van der Waals surface area contributed by atoms with Crippen LogP contribution in [0, 0.1) is 11.8 Å². The van der Waals surface area contributed by atoms with Crippen LogP contribution in [0.2, 0.25) is 0 Å². The van der Waals surface area contributed by atoms with E-state index in [9.17, 15) is 14.4 Å². The molecule has 1 rings (SSSR count). The van der Waals surface area contributed by atoms with E-state index < -0.39 is 24.0 Å². The highest BCUT2D eigenvalue weighted by atomic mass is 16.5. The molecule has 0 aliphatic carbocycles. The van der Waals surface area contributed by atoms with Gasteiger partial charge in [0.2, 0.25) is 0 Å². The smallest absolute Gasteiger partial charge is 0.339 e. The summed E-state index contributed by atoms with van der Waals surface area (Å²) < 4.78 is 16.1. The average Bonchev–Trinajstić information content (AvgIpc) is 2.56. The van der Waals surface area contributed by atoms with Crippen molar-refractivity contribution in [1.29, 1.82) is 0 Å². The minimum atomic E-state index is -1.15. The van der Waals surface area contributed by atoms with E-state index in [2.05, 4.69) is 0 Å². The molecule has 3 amide bonds. The van der Waals surface area contributed by atoms with Gasteiger partial charge in [0.25, 0.3) is 5.91 Å². The van der Waals surface area contributed by atoms with Crippen LogP contribution >= 0.6 is 0 Å². The first-order valence-electron chi connectivity index (χ1n) is 8.27. The van der Waals surface area contributed by atoms with E-state index in [0.717, 1.165) is 0 Å². The number of nitrogens with one attached hydrogen (secondary N) is 1. The molecule has 0 saturated carbocycles. The molecule has 8 nitrogen and oxygen atoms in total. The Morgan fingerprint density at radius 1 is 1.12 bits per heavy atom. The molecule has 1 aromatic rings. The molecular weight excluding hydrogens is 340 g/mol. The summed E-state index contributed by atoms with van der Waals surface area (Å²) in [4.78, 5) is 35.2. The van der Waals surface area contributed by atoms with E-state index in [4.69, 9.17) is 19.9 Å². The molecule has 0 unspecified atom stereocenters. The number of imide groups is 1. The van der Waals surface area contributed by atoms with Crippen LogP contribution in [-0.4, -0.2) is 37.7 Å². The molecule has 0 radical (unpaired) electrons. The lowest BCUT2D eigenvalue weighted by Gasteiger charge is -2.20. The topological polar surface area (TPSA) is 117 Å². The molecule has 26 heavy (non-hydrogen) atoms. The first kappa shape index (κ1) is 21.3. The Bertz CT molecular complexity index is 657. The van der Waals surface area contributed by atoms with Gasteiger partial charge in [0.05, 0.1) is 19.3 Å². The Kier molecular flexibility index (Phi) is 7.89. The van der Waals surface area contributed by atoms with Gasteiger partial charge in [-0.25, -0.2) is 9.59 Å². The van der Waals surface area contributed by atoms with Crippen LogP contribution in [0.25, 0.3) is 0 Å². The van der Waals surface area contributed by atoms with Crippen molar-refractivity contribution in [3.63, 3.8) is 0 Å². The maximum atomic E-state index is 12.4. The van der Waals surface area contributed by atoms with Gasteiger partial charge in [-0.05, 0) is 30.0 Å². The van der Waals surface area contributed by atoms with Crippen LogP contribution in [0.4, 0.5) is 4.79 Å². The zero-order valence-electron chi connectivity index (χ0n) is 15.7. The molecule has 0 saturated heterocycles. The number of ether oxygens (including phenoxy) is 3. The van der Waals surface area contributed by atoms with Crippen molar-refractivity contribution in [2.45, 2.75) is 33.8 Å². The van der Waals surface area contributed by atoms with Gasteiger partial charge in [0.1, 0.15) is 0 Å². The summed E-state index contributed by atoms with van der Waals surface area (Å²) >= 11 is 0. The Labute approximate surface area is 153 Å². The highest BCUT2D eigenvalue weighted by Crippen LogP contribution is 2.29. The van der Waals surface area contributed by atoms with E-state index in [-0.39, 0.29) is 11.5 Å². The molecular formula is C18H26N2O6. The van der Waals surface area contributed by atoms with E-state index in [1.54, 1.807) is 19.9 Å². The molecule has 0 fully saturated rings. The second-order valence-electron chi connectivity index (χ2n) is 6.49. The van der Waals surface area contributed by atoms with Gasteiger partial charge in [0.15, 0.2) is 17.6 Å². The van der Waals surface area contributed by atoms with Gasteiger partial charge in [-0.15, -0.1) is 0 Å². The van der Waals surface area contributed by atoms with E-state index in [0.29, 0.717) is 24.0 Å². The molecule has 1 aromatic carbocycles. The van der Waals surface area contributed by atoms with Crippen LogP contribution in [0.5, 0.6) is 11.5 Å². The number of hydrogen-bond acceptors (Lipinski definition) is 6. The number of nitrogens with two attached hydrogens (primary N) is 1. The highest BCUT2D eigenvalue weighted by Gasteiger charge is 2.28. The zero-order chi connectivity index (χ0) is 19.9. The normalized spacial score (nSPS) is 11.8. The average molecular weight is 366 g/mol. The summed E-state index contributed by atoms with van der Waals surface area (Å²) in [6.45, 7) is 7.90. The number of esters is 1. The molecule has 3 N–H and O–H groups in total. The standard InChI is InChI=1S/C18H26N2O6/c1-10(2)9-25-13-7-6-12(8-14(13)24-5)17(22)26-15(11(3)4)16(21)20-18(19)23/h6-8,10-11,15H,9H2,1-5H3,(H3,19,20,21,23)/t15-/m0/s1. The SMILES string of the molecule is COc1cc(C(=O)O[C@H](C(=O)NC(N)=O)C(C)C)ccc1OCC(C)C.